The van der Waals surface area contributed by atoms with E-state index in [0.29, 0.717) is 23.8 Å². The molecule has 3 aromatic rings. The number of pyridine rings is 1. The Bertz CT molecular complexity index is 941. The van der Waals surface area contributed by atoms with Crippen LogP contribution in [0.25, 0.3) is 0 Å². The Hall–Kier alpha value is -4.13. The second kappa shape index (κ2) is 11.0. The van der Waals surface area contributed by atoms with Crippen molar-refractivity contribution in [3.05, 3.63) is 101 Å². The number of carboxylic acid groups (broad SMARTS) is 2. The number of benzene rings is 2. The Kier molecular flexibility index (Phi) is 8.14. The first-order chi connectivity index (χ1) is 14.3. The van der Waals surface area contributed by atoms with Gasteiger partial charge in [-0.3, -0.25) is 0 Å². The summed E-state index contributed by atoms with van der Waals surface area (Å²) in [7, 11) is 0. The van der Waals surface area contributed by atoms with E-state index in [-0.39, 0.29) is 0 Å². The number of rotatable bonds is 6. The van der Waals surface area contributed by atoms with Crippen molar-refractivity contribution in [2.24, 2.45) is 0 Å². The molecular formula is C23H23N3O4. The minimum atomic E-state index is -1.51. The van der Waals surface area contributed by atoms with Gasteiger partial charge in [0.2, 0.25) is 11.6 Å². The van der Waals surface area contributed by atoms with Crippen LogP contribution in [0.15, 0.2) is 78.9 Å². The molecule has 0 fully saturated rings. The standard InChI is InChI=1S/C19H19N3.C4H4O4/c20-18-16(11-14-7-3-1-4-8-14)13-17(19(21)22-18)12-15-9-5-2-6-10-15;5-3(6)1-2-4(7)8/h1-10,13H,11-12H2,(H4,20,21,22);1-2H,(H,5,6)(H,7,8)/b;2-1+. The average Bonchev–Trinajstić information content (AvgIpc) is 2.72. The molecule has 154 valence electrons. The Morgan fingerprint density at radius 2 is 1.27 bits per heavy atom. The predicted octanol–water partition coefficient (Wildman–Crippen LogP) is 1.22. The van der Waals surface area contributed by atoms with Crippen molar-refractivity contribution >= 4 is 23.6 Å². The average molecular weight is 405 g/mol. The number of carbonyl (C=O) groups excluding carboxylic acids is 1. The largest absolute Gasteiger partial charge is 0.545 e. The molecule has 3 rings (SSSR count). The van der Waals surface area contributed by atoms with Crippen LogP contribution in [-0.4, -0.2) is 17.0 Å². The number of carboxylic acids is 2. The van der Waals surface area contributed by atoms with E-state index in [9.17, 15) is 14.7 Å². The number of nitrogens with one attached hydrogen (secondary N) is 1. The molecule has 0 unspecified atom stereocenters. The van der Waals surface area contributed by atoms with Crippen LogP contribution in [0, 0.1) is 0 Å². The molecule has 0 saturated carbocycles. The van der Waals surface area contributed by atoms with E-state index >= 15 is 0 Å². The molecular weight excluding hydrogens is 382 g/mol. The molecule has 7 heteroatoms. The number of hydrogen-bond acceptors (Lipinski definition) is 5. The summed E-state index contributed by atoms with van der Waals surface area (Å²) in [5, 5.41) is 17.2. The Morgan fingerprint density at radius 3 is 1.60 bits per heavy atom. The molecule has 0 aliphatic carbocycles. The first kappa shape index (κ1) is 22.2. The van der Waals surface area contributed by atoms with Gasteiger partial charge in [0.15, 0.2) is 0 Å². The first-order valence-electron chi connectivity index (χ1n) is 9.14. The molecule has 0 bridgehead atoms. The number of nitrogens with two attached hydrogens (primary N) is 2. The normalized spacial score (nSPS) is 10.3. The number of nitrogen functional groups attached to an aromatic ring is 2. The second-order valence-corrected chi connectivity index (χ2v) is 6.46. The number of aromatic nitrogens is 1. The summed E-state index contributed by atoms with van der Waals surface area (Å²) in [5.74, 6) is -1.53. The zero-order valence-electron chi connectivity index (χ0n) is 16.2. The highest BCUT2D eigenvalue weighted by atomic mass is 16.4. The summed E-state index contributed by atoms with van der Waals surface area (Å²) in [5.41, 5.74) is 16.8. The molecule has 0 amide bonds. The molecule has 0 atom stereocenters. The highest BCUT2D eigenvalue weighted by molar-refractivity contribution is 5.88. The lowest BCUT2D eigenvalue weighted by molar-refractivity contribution is -0.343. The van der Waals surface area contributed by atoms with Crippen molar-refractivity contribution in [3.8, 4) is 0 Å². The maximum absolute atomic E-state index is 9.53. The van der Waals surface area contributed by atoms with Crippen LogP contribution in [0.1, 0.15) is 22.3 Å². The maximum atomic E-state index is 9.53. The quantitative estimate of drug-likeness (QED) is 0.526. The third kappa shape index (κ3) is 7.47. The zero-order valence-corrected chi connectivity index (χ0v) is 16.2. The summed E-state index contributed by atoms with van der Waals surface area (Å²) < 4.78 is 0. The van der Waals surface area contributed by atoms with Crippen LogP contribution >= 0.6 is 0 Å². The molecule has 7 nitrogen and oxygen atoms in total. The van der Waals surface area contributed by atoms with E-state index in [2.05, 4.69) is 35.3 Å². The van der Waals surface area contributed by atoms with Gasteiger partial charge in [0, 0.05) is 30.0 Å². The van der Waals surface area contributed by atoms with Crippen molar-refractivity contribution in [2.45, 2.75) is 12.8 Å². The van der Waals surface area contributed by atoms with Crippen LogP contribution in [-0.2, 0) is 22.4 Å². The minimum absolute atomic E-state index is 0.447. The number of carbonyl (C=O) groups is 2. The fourth-order valence-corrected chi connectivity index (χ4v) is 2.73. The lowest BCUT2D eigenvalue weighted by Crippen LogP contribution is -2.20. The Labute approximate surface area is 174 Å². The fourth-order valence-electron chi connectivity index (χ4n) is 2.73. The van der Waals surface area contributed by atoms with Crippen molar-refractivity contribution in [1.82, 2.24) is 0 Å². The summed E-state index contributed by atoms with van der Waals surface area (Å²) >= 11 is 0. The van der Waals surface area contributed by atoms with Gasteiger partial charge < -0.3 is 26.5 Å². The minimum Gasteiger partial charge on any atom is -0.545 e. The molecule has 0 saturated heterocycles. The Morgan fingerprint density at radius 1 is 0.833 bits per heavy atom. The molecule has 0 aliphatic heterocycles. The number of aromatic amines is 1. The molecule has 0 spiro atoms. The smallest absolute Gasteiger partial charge is 0.328 e. The SMILES string of the molecule is Nc1[nH+]c(N)c(Cc2ccccc2)cc1Cc1ccccc1.O=C([O-])/C=C/C(=O)O. The van der Waals surface area contributed by atoms with Gasteiger partial charge in [-0.05, 0) is 23.3 Å². The van der Waals surface area contributed by atoms with Gasteiger partial charge in [0.25, 0.3) is 0 Å². The molecule has 0 aliphatic rings. The van der Waals surface area contributed by atoms with E-state index in [0.717, 1.165) is 24.0 Å². The predicted molar refractivity (Wildman–Crippen MR) is 112 cm³/mol. The topological polar surface area (TPSA) is 144 Å². The van der Waals surface area contributed by atoms with Crippen LogP contribution in [0.4, 0.5) is 11.6 Å². The highest BCUT2D eigenvalue weighted by Crippen LogP contribution is 2.19. The summed E-state index contributed by atoms with van der Waals surface area (Å²) in [6, 6.07) is 22.7. The van der Waals surface area contributed by atoms with E-state index in [1.165, 1.54) is 11.1 Å². The van der Waals surface area contributed by atoms with Crippen LogP contribution < -0.4 is 21.6 Å². The van der Waals surface area contributed by atoms with Crippen LogP contribution in [0.2, 0.25) is 0 Å². The Balaban J connectivity index is 0.000000343. The fraction of sp³-hybridized carbons (Fsp3) is 0.0870. The molecule has 0 radical (unpaired) electrons. The van der Waals surface area contributed by atoms with Gasteiger partial charge in [0.05, 0.1) is 5.97 Å². The molecule has 1 aromatic heterocycles. The lowest BCUT2D eigenvalue weighted by atomic mass is 10.00. The van der Waals surface area contributed by atoms with E-state index < -0.39 is 11.9 Å². The van der Waals surface area contributed by atoms with Crippen LogP contribution in [0.5, 0.6) is 0 Å². The van der Waals surface area contributed by atoms with E-state index in [4.69, 9.17) is 16.6 Å². The van der Waals surface area contributed by atoms with E-state index in [1.54, 1.807) is 0 Å². The second-order valence-electron chi connectivity index (χ2n) is 6.46. The summed E-state index contributed by atoms with van der Waals surface area (Å²) in [6.07, 6.45) is 2.54. The van der Waals surface area contributed by atoms with Gasteiger partial charge >= 0.3 is 5.97 Å². The van der Waals surface area contributed by atoms with Crippen molar-refractivity contribution in [3.63, 3.8) is 0 Å². The number of aliphatic carboxylic acids is 2. The monoisotopic (exact) mass is 405 g/mol. The molecule has 1 heterocycles. The molecule has 2 aromatic carbocycles. The lowest BCUT2D eigenvalue weighted by Gasteiger charge is -2.08. The first-order valence-corrected chi connectivity index (χ1v) is 9.14. The highest BCUT2D eigenvalue weighted by Gasteiger charge is 2.12. The van der Waals surface area contributed by atoms with Gasteiger partial charge in [-0.2, -0.15) is 0 Å². The van der Waals surface area contributed by atoms with Crippen LogP contribution in [0.3, 0.4) is 0 Å². The van der Waals surface area contributed by atoms with Gasteiger partial charge in [-0.1, -0.05) is 60.7 Å². The third-order valence-electron chi connectivity index (χ3n) is 4.15. The van der Waals surface area contributed by atoms with Crippen molar-refractivity contribution < 1.29 is 24.8 Å². The number of hydrogen-bond donors (Lipinski definition) is 3. The van der Waals surface area contributed by atoms with Crippen molar-refractivity contribution in [2.75, 3.05) is 11.5 Å². The van der Waals surface area contributed by atoms with Gasteiger partial charge in [-0.25, -0.2) is 9.78 Å². The maximum Gasteiger partial charge on any atom is 0.328 e. The summed E-state index contributed by atoms with van der Waals surface area (Å²) in [4.78, 5) is 22.1. The number of H-pyrrole nitrogens is 1. The zero-order chi connectivity index (χ0) is 21.9. The molecule has 30 heavy (non-hydrogen) atoms. The van der Waals surface area contributed by atoms with Gasteiger partial charge in [0.1, 0.15) is 0 Å². The van der Waals surface area contributed by atoms with Gasteiger partial charge in [-0.15, -0.1) is 0 Å². The molecule has 6 N–H and O–H groups in total. The third-order valence-corrected chi connectivity index (χ3v) is 4.15. The summed E-state index contributed by atoms with van der Waals surface area (Å²) in [6.45, 7) is 0. The van der Waals surface area contributed by atoms with Crippen molar-refractivity contribution in [1.29, 1.82) is 0 Å². The van der Waals surface area contributed by atoms with E-state index in [1.807, 2.05) is 36.4 Å². The number of anilines is 2.